The number of hydrogen-bond donors (Lipinski definition) is 4. The SMILES string of the molecule is Cc1n[nH]c(C)c1CNC(=O)NCC1(O)CCCCC1. The fourth-order valence-electron chi connectivity index (χ4n) is 2.70. The molecule has 0 saturated heterocycles. The largest absolute Gasteiger partial charge is 0.388 e. The molecule has 0 spiro atoms. The third-order valence-electron chi connectivity index (χ3n) is 4.07. The van der Waals surface area contributed by atoms with Gasteiger partial charge in [0.2, 0.25) is 0 Å². The standard InChI is InChI=1S/C14H24N4O2/c1-10-12(11(2)18-17-10)8-15-13(19)16-9-14(20)6-4-3-5-7-14/h20H,3-9H2,1-2H3,(H,17,18)(H2,15,16,19). The van der Waals surface area contributed by atoms with Crippen LogP contribution < -0.4 is 10.6 Å². The van der Waals surface area contributed by atoms with Gasteiger partial charge in [0, 0.05) is 24.3 Å². The van der Waals surface area contributed by atoms with E-state index in [4.69, 9.17) is 0 Å². The van der Waals surface area contributed by atoms with Crippen LogP contribution in [-0.2, 0) is 6.54 Å². The second-order valence-corrected chi connectivity index (χ2v) is 5.73. The van der Waals surface area contributed by atoms with Gasteiger partial charge in [-0.05, 0) is 26.7 Å². The maximum atomic E-state index is 11.8. The summed E-state index contributed by atoms with van der Waals surface area (Å²) in [5.41, 5.74) is 2.15. The van der Waals surface area contributed by atoms with Gasteiger partial charge in [0.05, 0.1) is 11.3 Å². The lowest BCUT2D eigenvalue weighted by Crippen LogP contribution is -2.47. The lowest BCUT2D eigenvalue weighted by molar-refractivity contribution is 0.00719. The van der Waals surface area contributed by atoms with E-state index in [1.807, 2.05) is 13.8 Å². The lowest BCUT2D eigenvalue weighted by Gasteiger charge is -2.32. The number of aromatic nitrogens is 2. The Morgan fingerprint density at radius 3 is 2.60 bits per heavy atom. The monoisotopic (exact) mass is 280 g/mol. The summed E-state index contributed by atoms with van der Waals surface area (Å²) in [7, 11) is 0. The fraction of sp³-hybridized carbons (Fsp3) is 0.714. The Morgan fingerprint density at radius 2 is 2.00 bits per heavy atom. The highest BCUT2D eigenvalue weighted by atomic mass is 16.3. The van der Waals surface area contributed by atoms with E-state index in [9.17, 15) is 9.90 Å². The Labute approximate surface area is 119 Å². The minimum Gasteiger partial charge on any atom is -0.388 e. The molecule has 1 aromatic rings. The van der Waals surface area contributed by atoms with Crippen LogP contribution in [0.5, 0.6) is 0 Å². The van der Waals surface area contributed by atoms with E-state index in [-0.39, 0.29) is 6.03 Å². The molecule has 1 fully saturated rings. The molecule has 1 aliphatic carbocycles. The first-order chi connectivity index (χ1) is 9.50. The van der Waals surface area contributed by atoms with Crippen molar-refractivity contribution in [2.45, 2.75) is 58.1 Å². The molecular formula is C14H24N4O2. The quantitative estimate of drug-likeness (QED) is 0.674. The number of rotatable bonds is 4. The van der Waals surface area contributed by atoms with Gasteiger partial charge in [-0.2, -0.15) is 5.10 Å². The maximum Gasteiger partial charge on any atom is 0.315 e. The Kier molecular flexibility index (Phi) is 4.65. The first-order valence-electron chi connectivity index (χ1n) is 7.25. The van der Waals surface area contributed by atoms with Gasteiger partial charge >= 0.3 is 6.03 Å². The van der Waals surface area contributed by atoms with Crippen molar-refractivity contribution in [3.8, 4) is 0 Å². The van der Waals surface area contributed by atoms with Crippen LogP contribution in [0.1, 0.15) is 49.1 Å². The summed E-state index contributed by atoms with van der Waals surface area (Å²) in [6.45, 7) is 4.60. The van der Waals surface area contributed by atoms with Crippen LogP contribution in [0.25, 0.3) is 0 Å². The summed E-state index contributed by atoms with van der Waals surface area (Å²) in [6.07, 6.45) is 4.79. The molecule has 20 heavy (non-hydrogen) atoms. The van der Waals surface area contributed by atoms with Crippen molar-refractivity contribution in [3.63, 3.8) is 0 Å². The van der Waals surface area contributed by atoms with Crippen molar-refractivity contribution in [2.75, 3.05) is 6.54 Å². The second kappa shape index (κ2) is 6.26. The molecule has 4 N–H and O–H groups in total. The predicted molar refractivity (Wildman–Crippen MR) is 76.3 cm³/mol. The van der Waals surface area contributed by atoms with Crippen LogP contribution >= 0.6 is 0 Å². The van der Waals surface area contributed by atoms with Gasteiger partial charge in [-0.15, -0.1) is 0 Å². The van der Waals surface area contributed by atoms with Crippen molar-refractivity contribution < 1.29 is 9.90 Å². The number of amides is 2. The number of H-pyrrole nitrogens is 1. The minimum absolute atomic E-state index is 0.246. The first-order valence-corrected chi connectivity index (χ1v) is 7.25. The molecule has 1 heterocycles. The Bertz CT molecular complexity index is 444. The normalized spacial score (nSPS) is 17.8. The van der Waals surface area contributed by atoms with Gasteiger partial charge < -0.3 is 15.7 Å². The Morgan fingerprint density at radius 1 is 1.30 bits per heavy atom. The fourth-order valence-corrected chi connectivity index (χ4v) is 2.70. The minimum atomic E-state index is -0.725. The summed E-state index contributed by atoms with van der Waals surface area (Å²) < 4.78 is 0. The van der Waals surface area contributed by atoms with Crippen molar-refractivity contribution in [1.82, 2.24) is 20.8 Å². The average Bonchev–Trinajstić information content (AvgIpc) is 2.74. The van der Waals surface area contributed by atoms with Crippen LogP contribution in [0.15, 0.2) is 0 Å². The Balaban J connectivity index is 1.75. The van der Waals surface area contributed by atoms with E-state index in [0.717, 1.165) is 42.6 Å². The molecule has 1 aromatic heterocycles. The van der Waals surface area contributed by atoms with Crippen LogP contribution in [-0.4, -0.2) is 33.5 Å². The third-order valence-corrected chi connectivity index (χ3v) is 4.07. The molecule has 0 atom stereocenters. The zero-order chi connectivity index (χ0) is 14.6. The van der Waals surface area contributed by atoms with Crippen molar-refractivity contribution >= 4 is 6.03 Å². The molecule has 0 unspecified atom stereocenters. The molecule has 0 bridgehead atoms. The second-order valence-electron chi connectivity index (χ2n) is 5.73. The average molecular weight is 280 g/mol. The van der Waals surface area contributed by atoms with Crippen molar-refractivity contribution in [1.29, 1.82) is 0 Å². The molecule has 0 aromatic carbocycles. The van der Waals surface area contributed by atoms with E-state index in [1.54, 1.807) is 0 Å². The number of nitrogens with one attached hydrogen (secondary N) is 3. The van der Waals surface area contributed by atoms with Gasteiger partial charge in [0.1, 0.15) is 0 Å². The molecule has 1 saturated carbocycles. The predicted octanol–water partition coefficient (Wildman–Crippen LogP) is 1.52. The molecule has 0 radical (unpaired) electrons. The molecule has 2 rings (SSSR count). The highest BCUT2D eigenvalue weighted by Crippen LogP contribution is 2.27. The number of nitrogens with zero attached hydrogens (tertiary/aromatic N) is 1. The lowest BCUT2D eigenvalue weighted by atomic mass is 9.85. The summed E-state index contributed by atoms with van der Waals surface area (Å²) in [4.78, 5) is 11.8. The third kappa shape index (κ3) is 3.72. The summed E-state index contributed by atoms with van der Waals surface area (Å²) in [6, 6.07) is -0.246. The summed E-state index contributed by atoms with van der Waals surface area (Å²) in [5, 5.41) is 22.8. The van der Waals surface area contributed by atoms with E-state index < -0.39 is 5.60 Å². The van der Waals surface area contributed by atoms with Crippen LogP contribution in [0.3, 0.4) is 0 Å². The van der Waals surface area contributed by atoms with E-state index in [1.165, 1.54) is 6.42 Å². The highest BCUT2D eigenvalue weighted by molar-refractivity contribution is 5.73. The zero-order valence-electron chi connectivity index (χ0n) is 12.3. The molecule has 6 heteroatoms. The number of hydrogen-bond acceptors (Lipinski definition) is 3. The molecule has 6 nitrogen and oxygen atoms in total. The van der Waals surface area contributed by atoms with Crippen LogP contribution in [0, 0.1) is 13.8 Å². The molecule has 2 amide bonds. The van der Waals surface area contributed by atoms with E-state index in [2.05, 4.69) is 20.8 Å². The van der Waals surface area contributed by atoms with Gasteiger partial charge in [-0.1, -0.05) is 19.3 Å². The van der Waals surface area contributed by atoms with Gasteiger partial charge in [0.15, 0.2) is 0 Å². The van der Waals surface area contributed by atoms with Gasteiger partial charge in [-0.3, -0.25) is 5.10 Å². The summed E-state index contributed by atoms with van der Waals surface area (Å²) in [5.74, 6) is 0. The van der Waals surface area contributed by atoms with E-state index >= 15 is 0 Å². The molecule has 0 aliphatic heterocycles. The van der Waals surface area contributed by atoms with Crippen molar-refractivity contribution in [3.05, 3.63) is 17.0 Å². The maximum absolute atomic E-state index is 11.8. The van der Waals surface area contributed by atoms with Gasteiger partial charge in [-0.25, -0.2) is 4.79 Å². The number of carbonyl (C=O) groups is 1. The smallest absolute Gasteiger partial charge is 0.315 e. The van der Waals surface area contributed by atoms with Crippen molar-refractivity contribution in [2.24, 2.45) is 0 Å². The van der Waals surface area contributed by atoms with E-state index in [0.29, 0.717) is 13.1 Å². The number of aliphatic hydroxyl groups is 1. The topological polar surface area (TPSA) is 90.0 Å². The molecule has 1 aliphatic rings. The number of aryl methyl sites for hydroxylation is 2. The molecular weight excluding hydrogens is 256 g/mol. The molecule has 112 valence electrons. The van der Waals surface area contributed by atoms with Crippen LogP contribution in [0.2, 0.25) is 0 Å². The number of carbonyl (C=O) groups excluding carboxylic acids is 1. The first kappa shape index (κ1) is 14.8. The zero-order valence-corrected chi connectivity index (χ0v) is 12.3. The highest BCUT2D eigenvalue weighted by Gasteiger charge is 2.29. The van der Waals surface area contributed by atoms with Crippen LogP contribution in [0.4, 0.5) is 4.79 Å². The Hall–Kier alpha value is -1.56. The number of aromatic amines is 1. The number of urea groups is 1. The van der Waals surface area contributed by atoms with Gasteiger partial charge in [0.25, 0.3) is 0 Å². The summed E-state index contributed by atoms with van der Waals surface area (Å²) >= 11 is 0.